The third-order valence-electron chi connectivity index (χ3n) is 3.00. The molecule has 0 amide bonds. The van der Waals surface area contributed by atoms with Gasteiger partial charge in [-0.1, -0.05) is 23.8 Å². The highest BCUT2D eigenvalue weighted by atomic mass is 15.3. The molecule has 17 heavy (non-hydrogen) atoms. The smallest absolute Gasteiger partial charge is 0.175 e. The van der Waals surface area contributed by atoms with Gasteiger partial charge in [0.25, 0.3) is 0 Å². The molecule has 0 spiro atoms. The van der Waals surface area contributed by atoms with Gasteiger partial charge in [0, 0.05) is 24.9 Å². The summed E-state index contributed by atoms with van der Waals surface area (Å²) in [7, 11) is 1.91. The van der Waals surface area contributed by atoms with Crippen LogP contribution in [0.1, 0.15) is 20.3 Å². The van der Waals surface area contributed by atoms with Crippen LogP contribution in [0, 0.1) is 0 Å². The summed E-state index contributed by atoms with van der Waals surface area (Å²) >= 11 is 0. The minimum Gasteiger partial charge on any atom is -0.375 e. The average molecular weight is 232 g/mol. The van der Waals surface area contributed by atoms with Gasteiger partial charge in [-0.3, -0.25) is 10.3 Å². The Labute approximate surface area is 103 Å². The third kappa shape index (κ3) is 2.97. The number of allylic oxidation sites excluding steroid dienone is 3. The highest BCUT2D eigenvalue weighted by Gasteiger charge is 2.16. The van der Waals surface area contributed by atoms with Gasteiger partial charge in [-0.2, -0.15) is 0 Å². The zero-order valence-electron chi connectivity index (χ0n) is 10.6. The third-order valence-corrected chi connectivity index (χ3v) is 3.00. The molecule has 3 N–H and O–H groups in total. The van der Waals surface area contributed by atoms with E-state index < -0.39 is 0 Å². The minimum absolute atomic E-state index is 0.0531. The first-order chi connectivity index (χ1) is 8.19. The van der Waals surface area contributed by atoms with Gasteiger partial charge in [0.05, 0.1) is 0 Å². The van der Waals surface area contributed by atoms with Crippen molar-refractivity contribution in [3.8, 4) is 0 Å². The van der Waals surface area contributed by atoms with E-state index in [4.69, 9.17) is 0 Å². The van der Waals surface area contributed by atoms with Gasteiger partial charge < -0.3 is 10.6 Å². The highest BCUT2D eigenvalue weighted by Crippen LogP contribution is 2.11. The standard InChI is InChI=1S/C13H20N4/c1-9-4-6-11(7-5-9)16-13-15-8-10(2)12(14-3)17-13/h4-6,8,11,13-14,16-17H,7H2,1-3H3. The lowest BCUT2D eigenvalue weighted by Crippen LogP contribution is -2.49. The van der Waals surface area contributed by atoms with Crippen LogP contribution in [0.4, 0.5) is 0 Å². The summed E-state index contributed by atoms with van der Waals surface area (Å²) in [6.07, 6.45) is 9.44. The van der Waals surface area contributed by atoms with Gasteiger partial charge in [0.1, 0.15) is 5.82 Å². The summed E-state index contributed by atoms with van der Waals surface area (Å²) < 4.78 is 0. The predicted octanol–water partition coefficient (Wildman–Crippen LogP) is 1.26. The Hall–Kier alpha value is -1.55. The fourth-order valence-electron chi connectivity index (χ4n) is 1.95. The van der Waals surface area contributed by atoms with Gasteiger partial charge in [-0.05, 0) is 20.3 Å². The summed E-state index contributed by atoms with van der Waals surface area (Å²) in [5, 5.41) is 9.90. The molecule has 2 rings (SSSR count). The van der Waals surface area contributed by atoms with Crippen molar-refractivity contribution in [2.24, 2.45) is 4.99 Å². The lowest BCUT2D eigenvalue weighted by Gasteiger charge is -2.27. The molecule has 4 nitrogen and oxygen atoms in total. The van der Waals surface area contributed by atoms with Crippen LogP contribution < -0.4 is 16.0 Å². The van der Waals surface area contributed by atoms with Crippen LogP contribution >= 0.6 is 0 Å². The second-order valence-corrected chi connectivity index (χ2v) is 4.45. The zero-order chi connectivity index (χ0) is 12.3. The normalized spacial score (nSPS) is 27.8. The molecule has 0 saturated carbocycles. The van der Waals surface area contributed by atoms with Gasteiger partial charge >= 0.3 is 0 Å². The molecule has 2 aliphatic rings. The monoisotopic (exact) mass is 232 g/mol. The number of rotatable bonds is 3. The number of aliphatic imine (C=N–C) groups is 1. The first-order valence-electron chi connectivity index (χ1n) is 5.98. The van der Waals surface area contributed by atoms with Crippen molar-refractivity contribution < 1.29 is 0 Å². The first kappa shape index (κ1) is 11.9. The molecule has 1 aliphatic heterocycles. The van der Waals surface area contributed by atoms with E-state index >= 15 is 0 Å². The summed E-state index contributed by atoms with van der Waals surface area (Å²) in [4.78, 5) is 4.42. The van der Waals surface area contributed by atoms with Crippen molar-refractivity contribution in [2.75, 3.05) is 7.05 Å². The van der Waals surface area contributed by atoms with E-state index in [0.29, 0.717) is 6.04 Å². The van der Waals surface area contributed by atoms with E-state index in [1.54, 1.807) is 0 Å². The Kier molecular flexibility index (Phi) is 3.64. The number of hydrogen-bond donors (Lipinski definition) is 3. The van der Waals surface area contributed by atoms with Gasteiger partial charge in [0.15, 0.2) is 6.29 Å². The SMILES string of the molecule is CNC1=C(C)C=NC(NC2C=CC(C)=CC2)N1. The molecule has 0 radical (unpaired) electrons. The summed E-state index contributed by atoms with van der Waals surface area (Å²) in [6.45, 7) is 4.15. The number of nitrogens with one attached hydrogen (secondary N) is 3. The Morgan fingerprint density at radius 1 is 1.41 bits per heavy atom. The van der Waals surface area contributed by atoms with Gasteiger partial charge in [-0.15, -0.1) is 0 Å². The zero-order valence-corrected chi connectivity index (χ0v) is 10.6. The molecule has 1 heterocycles. The van der Waals surface area contributed by atoms with E-state index in [0.717, 1.165) is 17.8 Å². The molecule has 0 saturated heterocycles. The van der Waals surface area contributed by atoms with Gasteiger partial charge in [-0.25, -0.2) is 0 Å². The maximum absolute atomic E-state index is 4.42. The highest BCUT2D eigenvalue weighted by molar-refractivity contribution is 5.79. The lowest BCUT2D eigenvalue weighted by molar-refractivity contribution is 0.424. The Morgan fingerprint density at radius 3 is 2.88 bits per heavy atom. The second-order valence-electron chi connectivity index (χ2n) is 4.45. The topological polar surface area (TPSA) is 48.5 Å². The van der Waals surface area contributed by atoms with Crippen molar-refractivity contribution in [3.05, 3.63) is 35.2 Å². The van der Waals surface area contributed by atoms with Crippen molar-refractivity contribution in [2.45, 2.75) is 32.6 Å². The Balaban J connectivity index is 1.91. The summed E-state index contributed by atoms with van der Waals surface area (Å²) in [5.74, 6) is 1.03. The quantitative estimate of drug-likeness (QED) is 0.686. The van der Waals surface area contributed by atoms with Crippen LogP contribution in [0.25, 0.3) is 0 Å². The van der Waals surface area contributed by atoms with Crippen molar-refractivity contribution >= 4 is 6.21 Å². The largest absolute Gasteiger partial charge is 0.375 e. The first-order valence-corrected chi connectivity index (χ1v) is 5.98. The van der Waals surface area contributed by atoms with Crippen LogP contribution in [0.15, 0.2) is 40.2 Å². The van der Waals surface area contributed by atoms with Crippen molar-refractivity contribution in [1.82, 2.24) is 16.0 Å². The summed E-state index contributed by atoms with van der Waals surface area (Å²) in [6, 6.07) is 0.352. The van der Waals surface area contributed by atoms with E-state index in [9.17, 15) is 0 Å². The summed E-state index contributed by atoms with van der Waals surface area (Å²) in [5.41, 5.74) is 2.45. The minimum atomic E-state index is -0.0531. The molecule has 0 fully saturated rings. The molecular weight excluding hydrogens is 212 g/mol. The van der Waals surface area contributed by atoms with E-state index in [1.807, 2.05) is 20.2 Å². The molecule has 0 bridgehead atoms. The molecule has 1 aliphatic carbocycles. The van der Waals surface area contributed by atoms with Crippen LogP contribution in [-0.4, -0.2) is 25.6 Å². The maximum Gasteiger partial charge on any atom is 0.175 e. The van der Waals surface area contributed by atoms with Crippen LogP contribution in [-0.2, 0) is 0 Å². The molecule has 4 heteroatoms. The average Bonchev–Trinajstić information content (AvgIpc) is 2.34. The molecule has 0 aromatic heterocycles. The fourth-order valence-corrected chi connectivity index (χ4v) is 1.95. The van der Waals surface area contributed by atoms with Crippen LogP contribution in [0.2, 0.25) is 0 Å². The second kappa shape index (κ2) is 5.19. The Bertz CT molecular complexity index is 404. The Morgan fingerprint density at radius 2 is 2.24 bits per heavy atom. The number of hydrogen-bond acceptors (Lipinski definition) is 4. The number of nitrogens with zero attached hydrogens (tertiary/aromatic N) is 1. The molecule has 2 unspecified atom stereocenters. The van der Waals surface area contributed by atoms with Crippen molar-refractivity contribution in [1.29, 1.82) is 0 Å². The predicted molar refractivity (Wildman–Crippen MR) is 71.6 cm³/mol. The van der Waals surface area contributed by atoms with E-state index in [1.165, 1.54) is 5.57 Å². The van der Waals surface area contributed by atoms with E-state index in [2.05, 4.69) is 46.1 Å². The van der Waals surface area contributed by atoms with Crippen LogP contribution in [0.5, 0.6) is 0 Å². The lowest BCUT2D eigenvalue weighted by atomic mass is 10.0. The molecule has 0 aromatic rings. The van der Waals surface area contributed by atoms with Crippen molar-refractivity contribution in [3.63, 3.8) is 0 Å². The molecule has 2 atom stereocenters. The van der Waals surface area contributed by atoms with Crippen LogP contribution in [0.3, 0.4) is 0 Å². The van der Waals surface area contributed by atoms with Gasteiger partial charge in [0.2, 0.25) is 0 Å². The van der Waals surface area contributed by atoms with E-state index in [-0.39, 0.29) is 6.29 Å². The molecule has 92 valence electrons. The fraction of sp³-hybridized carbons (Fsp3) is 0.462. The molecular formula is C13H20N4. The molecule has 0 aromatic carbocycles. The maximum atomic E-state index is 4.42.